The molecule has 0 amide bonds. The lowest BCUT2D eigenvalue weighted by Gasteiger charge is -2.19. The second kappa shape index (κ2) is 6.87. The number of nitrogens with zero attached hydrogens (tertiary/aromatic N) is 2. The van der Waals surface area contributed by atoms with E-state index in [9.17, 15) is 0 Å². The largest absolute Gasteiger partial charge is 0.379 e. The van der Waals surface area contributed by atoms with Crippen LogP contribution in [0.5, 0.6) is 0 Å². The van der Waals surface area contributed by atoms with Crippen LogP contribution in [-0.4, -0.2) is 37.3 Å². The van der Waals surface area contributed by atoms with Crippen LogP contribution in [0.2, 0.25) is 0 Å². The molecule has 20 heavy (non-hydrogen) atoms. The molecule has 1 aliphatic carbocycles. The molecule has 0 aromatic carbocycles. The molecule has 1 fully saturated rings. The number of nitrogens with one attached hydrogen (secondary N) is 1. The molecular formula is C15H27N3OS. The van der Waals surface area contributed by atoms with Crippen LogP contribution in [0, 0.1) is 5.92 Å². The maximum atomic E-state index is 5.67. The summed E-state index contributed by atoms with van der Waals surface area (Å²) in [5.41, 5.74) is 1.25. The Kier molecular flexibility index (Phi) is 5.41. The van der Waals surface area contributed by atoms with Crippen LogP contribution in [0.25, 0.3) is 0 Å². The highest BCUT2D eigenvalue weighted by Crippen LogP contribution is 2.28. The molecule has 0 radical (unpaired) electrons. The normalized spacial score (nSPS) is 15.6. The van der Waals surface area contributed by atoms with Crippen molar-refractivity contribution in [1.82, 2.24) is 10.3 Å². The second-order valence-corrected chi connectivity index (χ2v) is 7.50. The summed E-state index contributed by atoms with van der Waals surface area (Å²) in [4.78, 5) is 6.84. The van der Waals surface area contributed by atoms with E-state index in [1.54, 1.807) is 11.3 Å². The fraction of sp³-hybridized carbons (Fsp3) is 0.800. The lowest BCUT2D eigenvalue weighted by molar-refractivity contribution is 0.131. The van der Waals surface area contributed by atoms with Gasteiger partial charge in [-0.3, -0.25) is 0 Å². The monoisotopic (exact) mass is 297 g/mol. The molecule has 0 bridgehead atoms. The SMILES string of the molecule is CN(CCOCC1CC1)c1nc(CNC(C)(C)C)cs1. The molecule has 114 valence electrons. The summed E-state index contributed by atoms with van der Waals surface area (Å²) < 4.78 is 5.67. The van der Waals surface area contributed by atoms with Gasteiger partial charge in [0, 0.05) is 37.7 Å². The number of aromatic nitrogens is 1. The van der Waals surface area contributed by atoms with Crippen LogP contribution in [0.3, 0.4) is 0 Å². The Morgan fingerprint density at radius 3 is 2.85 bits per heavy atom. The van der Waals surface area contributed by atoms with Crippen molar-refractivity contribution in [1.29, 1.82) is 0 Å². The van der Waals surface area contributed by atoms with Crippen LogP contribution >= 0.6 is 11.3 Å². The number of thiazole rings is 1. The van der Waals surface area contributed by atoms with Crippen molar-refractivity contribution in [3.8, 4) is 0 Å². The first-order chi connectivity index (χ1) is 9.44. The smallest absolute Gasteiger partial charge is 0.185 e. The Morgan fingerprint density at radius 1 is 1.45 bits per heavy atom. The van der Waals surface area contributed by atoms with Crippen molar-refractivity contribution < 1.29 is 4.74 Å². The third-order valence-corrected chi connectivity index (χ3v) is 4.29. The van der Waals surface area contributed by atoms with E-state index in [2.05, 4.69) is 48.4 Å². The van der Waals surface area contributed by atoms with Gasteiger partial charge in [-0.1, -0.05) is 0 Å². The van der Waals surface area contributed by atoms with Crippen molar-refractivity contribution in [2.24, 2.45) is 5.92 Å². The van der Waals surface area contributed by atoms with E-state index in [1.165, 1.54) is 12.8 Å². The van der Waals surface area contributed by atoms with Gasteiger partial charge in [-0.25, -0.2) is 4.98 Å². The molecule has 1 heterocycles. The molecule has 0 unspecified atom stereocenters. The van der Waals surface area contributed by atoms with Gasteiger partial charge in [0.15, 0.2) is 5.13 Å². The molecule has 0 atom stereocenters. The predicted octanol–water partition coefficient (Wildman–Crippen LogP) is 2.89. The number of likely N-dealkylation sites (N-methyl/N-ethyl adjacent to an activating group) is 1. The minimum atomic E-state index is 0.131. The quantitative estimate of drug-likeness (QED) is 0.749. The average molecular weight is 297 g/mol. The van der Waals surface area contributed by atoms with E-state index in [0.717, 1.165) is 43.0 Å². The topological polar surface area (TPSA) is 37.4 Å². The molecule has 2 rings (SSSR count). The lowest BCUT2D eigenvalue weighted by atomic mass is 10.1. The molecule has 0 spiro atoms. The molecule has 1 aromatic rings. The van der Waals surface area contributed by atoms with E-state index >= 15 is 0 Å². The van der Waals surface area contributed by atoms with E-state index in [4.69, 9.17) is 4.74 Å². The summed E-state index contributed by atoms with van der Waals surface area (Å²) >= 11 is 1.70. The van der Waals surface area contributed by atoms with E-state index in [1.807, 2.05) is 0 Å². The first-order valence-electron chi connectivity index (χ1n) is 7.42. The fourth-order valence-corrected chi connectivity index (χ4v) is 2.56. The Hall–Kier alpha value is -0.650. The number of rotatable bonds is 8. The Labute approximate surface area is 126 Å². The molecule has 1 saturated carbocycles. The first-order valence-corrected chi connectivity index (χ1v) is 8.30. The summed E-state index contributed by atoms with van der Waals surface area (Å²) in [5.74, 6) is 0.843. The summed E-state index contributed by atoms with van der Waals surface area (Å²) in [6, 6.07) is 0. The minimum absolute atomic E-state index is 0.131. The van der Waals surface area contributed by atoms with Gasteiger partial charge in [0.25, 0.3) is 0 Å². The highest BCUT2D eigenvalue weighted by atomic mass is 32.1. The number of anilines is 1. The van der Waals surface area contributed by atoms with Crippen molar-refractivity contribution in [3.05, 3.63) is 11.1 Å². The van der Waals surface area contributed by atoms with Crippen LogP contribution in [0.4, 0.5) is 5.13 Å². The molecule has 4 nitrogen and oxygen atoms in total. The van der Waals surface area contributed by atoms with Crippen LogP contribution < -0.4 is 10.2 Å². The minimum Gasteiger partial charge on any atom is -0.379 e. The summed E-state index contributed by atoms with van der Waals surface area (Å²) in [7, 11) is 2.08. The maximum absolute atomic E-state index is 5.67. The van der Waals surface area contributed by atoms with Gasteiger partial charge in [0.05, 0.1) is 12.3 Å². The standard InChI is InChI=1S/C15H27N3OS/c1-15(2,3)16-9-13-11-20-14(17-13)18(4)7-8-19-10-12-5-6-12/h11-12,16H,5-10H2,1-4H3. The van der Waals surface area contributed by atoms with Gasteiger partial charge in [0.1, 0.15) is 0 Å². The van der Waals surface area contributed by atoms with E-state index in [0.29, 0.717) is 0 Å². The summed E-state index contributed by atoms with van der Waals surface area (Å²) in [6.45, 7) is 9.98. The lowest BCUT2D eigenvalue weighted by Crippen LogP contribution is -2.35. The van der Waals surface area contributed by atoms with Gasteiger partial charge in [-0.15, -0.1) is 11.3 Å². The number of hydrogen-bond donors (Lipinski definition) is 1. The molecule has 5 heteroatoms. The van der Waals surface area contributed by atoms with Gasteiger partial charge >= 0.3 is 0 Å². The molecule has 1 aliphatic rings. The molecule has 1 aromatic heterocycles. The third kappa shape index (κ3) is 5.77. The summed E-state index contributed by atoms with van der Waals surface area (Å²) in [5, 5.41) is 6.67. The zero-order valence-corrected chi connectivity index (χ0v) is 13.9. The number of hydrogen-bond acceptors (Lipinski definition) is 5. The molecule has 1 N–H and O–H groups in total. The highest BCUT2D eigenvalue weighted by Gasteiger charge is 2.21. The van der Waals surface area contributed by atoms with E-state index in [-0.39, 0.29) is 5.54 Å². The van der Waals surface area contributed by atoms with Gasteiger partial charge < -0.3 is 15.0 Å². The van der Waals surface area contributed by atoms with Crippen molar-refractivity contribution in [2.45, 2.75) is 45.7 Å². The Bertz CT molecular complexity index is 409. The third-order valence-electron chi connectivity index (χ3n) is 3.29. The van der Waals surface area contributed by atoms with Crippen molar-refractivity contribution in [2.75, 3.05) is 31.7 Å². The van der Waals surface area contributed by atoms with Gasteiger partial charge in [0.2, 0.25) is 0 Å². The van der Waals surface area contributed by atoms with Gasteiger partial charge in [-0.2, -0.15) is 0 Å². The van der Waals surface area contributed by atoms with E-state index < -0.39 is 0 Å². The van der Waals surface area contributed by atoms with Crippen LogP contribution in [-0.2, 0) is 11.3 Å². The first kappa shape index (κ1) is 15.7. The second-order valence-electron chi connectivity index (χ2n) is 6.66. The maximum Gasteiger partial charge on any atom is 0.185 e. The zero-order chi connectivity index (χ0) is 14.6. The summed E-state index contributed by atoms with van der Waals surface area (Å²) in [6.07, 6.45) is 2.71. The van der Waals surface area contributed by atoms with Crippen LogP contribution in [0.15, 0.2) is 5.38 Å². The van der Waals surface area contributed by atoms with Crippen LogP contribution in [0.1, 0.15) is 39.3 Å². The molecule has 0 aliphatic heterocycles. The zero-order valence-electron chi connectivity index (χ0n) is 13.1. The fourth-order valence-electron chi connectivity index (χ4n) is 1.74. The van der Waals surface area contributed by atoms with Crippen molar-refractivity contribution >= 4 is 16.5 Å². The molecule has 0 saturated heterocycles. The van der Waals surface area contributed by atoms with Gasteiger partial charge in [-0.05, 0) is 39.5 Å². The Balaban J connectivity index is 1.69. The predicted molar refractivity (Wildman–Crippen MR) is 85.5 cm³/mol. The van der Waals surface area contributed by atoms with Crippen molar-refractivity contribution in [3.63, 3.8) is 0 Å². The number of ether oxygens (including phenoxy) is 1. The Morgan fingerprint density at radius 2 is 2.20 bits per heavy atom. The highest BCUT2D eigenvalue weighted by molar-refractivity contribution is 7.13. The molecular weight excluding hydrogens is 270 g/mol. The average Bonchev–Trinajstić information content (AvgIpc) is 3.06.